The van der Waals surface area contributed by atoms with Crippen molar-refractivity contribution in [3.63, 3.8) is 0 Å². The van der Waals surface area contributed by atoms with Crippen molar-refractivity contribution in [2.24, 2.45) is 0 Å². The zero-order valence-corrected chi connectivity index (χ0v) is 16.6. The van der Waals surface area contributed by atoms with Gasteiger partial charge in [-0.15, -0.1) is 0 Å². The van der Waals surface area contributed by atoms with Gasteiger partial charge in [0.25, 0.3) is 0 Å². The van der Waals surface area contributed by atoms with Crippen molar-refractivity contribution in [1.29, 1.82) is 0 Å². The van der Waals surface area contributed by atoms with Crippen molar-refractivity contribution in [3.05, 3.63) is 95.7 Å². The second kappa shape index (κ2) is 8.78. The molecule has 3 aromatic rings. The fourth-order valence-electron chi connectivity index (χ4n) is 3.56. The standard InChI is InChI=1S/C24H25N3O2/c1-2-26(23-10-6-7-15-25-23)16-19-11-13-20(14-12-19)17-27-18-22(29-24(27)28)21-8-4-3-5-9-21/h3-15,22H,2,16-18H2,1H3/t22-/m0/s1. The van der Waals surface area contributed by atoms with Crippen LogP contribution in [0.4, 0.5) is 10.6 Å². The van der Waals surface area contributed by atoms with Gasteiger partial charge >= 0.3 is 6.09 Å². The normalized spacial score (nSPS) is 16.0. The number of anilines is 1. The second-order valence-corrected chi connectivity index (χ2v) is 7.18. The van der Waals surface area contributed by atoms with Crippen molar-refractivity contribution < 1.29 is 9.53 Å². The van der Waals surface area contributed by atoms with E-state index in [2.05, 4.69) is 41.1 Å². The molecule has 1 aliphatic rings. The van der Waals surface area contributed by atoms with Crippen molar-refractivity contribution >= 4 is 11.9 Å². The maximum absolute atomic E-state index is 12.3. The largest absolute Gasteiger partial charge is 0.439 e. The van der Waals surface area contributed by atoms with E-state index in [0.29, 0.717) is 13.1 Å². The lowest BCUT2D eigenvalue weighted by Crippen LogP contribution is -2.24. The smallest absolute Gasteiger partial charge is 0.410 e. The Morgan fingerprint density at radius 3 is 2.41 bits per heavy atom. The molecule has 2 aromatic carbocycles. The molecule has 5 nitrogen and oxygen atoms in total. The highest BCUT2D eigenvalue weighted by molar-refractivity contribution is 5.70. The molecule has 5 heteroatoms. The number of rotatable bonds is 7. The van der Waals surface area contributed by atoms with Gasteiger partial charge in [-0.1, -0.05) is 60.7 Å². The van der Waals surface area contributed by atoms with Gasteiger partial charge in [0.05, 0.1) is 6.54 Å². The number of ether oxygens (including phenoxy) is 1. The Balaban J connectivity index is 1.38. The lowest BCUT2D eigenvalue weighted by molar-refractivity contribution is 0.132. The maximum atomic E-state index is 12.3. The Morgan fingerprint density at radius 1 is 1.00 bits per heavy atom. The molecule has 1 atom stereocenters. The predicted octanol–water partition coefficient (Wildman–Crippen LogP) is 4.80. The number of pyridine rings is 1. The van der Waals surface area contributed by atoms with Crippen LogP contribution in [0, 0.1) is 0 Å². The predicted molar refractivity (Wildman–Crippen MR) is 113 cm³/mol. The molecule has 0 N–H and O–H groups in total. The van der Waals surface area contributed by atoms with E-state index in [-0.39, 0.29) is 12.2 Å². The molecule has 1 amide bonds. The van der Waals surface area contributed by atoms with Crippen LogP contribution in [0.25, 0.3) is 0 Å². The molecule has 0 aliphatic carbocycles. The Hall–Kier alpha value is -3.34. The highest BCUT2D eigenvalue weighted by Gasteiger charge is 2.32. The summed E-state index contributed by atoms with van der Waals surface area (Å²) < 4.78 is 5.55. The molecule has 0 bridgehead atoms. The fraction of sp³-hybridized carbons (Fsp3) is 0.250. The fourth-order valence-corrected chi connectivity index (χ4v) is 3.56. The van der Waals surface area contributed by atoms with Gasteiger partial charge in [0.2, 0.25) is 0 Å². The minimum absolute atomic E-state index is 0.195. The number of hydrogen-bond donors (Lipinski definition) is 0. The summed E-state index contributed by atoms with van der Waals surface area (Å²) >= 11 is 0. The molecular formula is C24H25N3O2. The van der Waals surface area contributed by atoms with Crippen LogP contribution in [0.5, 0.6) is 0 Å². The number of hydrogen-bond acceptors (Lipinski definition) is 4. The van der Waals surface area contributed by atoms with Crippen molar-refractivity contribution in [1.82, 2.24) is 9.88 Å². The number of aromatic nitrogens is 1. The SMILES string of the molecule is CCN(Cc1ccc(CN2C[C@@H](c3ccccc3)OC2=O)cc1)c1ccccn1. The van der Waals surface area contributed by atoms with E-state index < -0.39 is 0 Å². The minimum Gasteiger partial charge on any atom is -0.439 e. The molecule has 0 saturated carbocycles. The Bertz CT molecular complexity index is 929. The number of carbonyl (C=O) groups is 1. The maximum Gasteiger partial charge on any atom is 0.410 e. The van der Waals surface area contributed by atoms with Gasteiger partial charge in [0.1, 0.15) is 11.9 Å². The van der Waals surface area contributed by atoms with Crippen LogP contribution in [0.15, 0.2) is 79.0 Å². The first-order valence-corrected chi connectivity index (χ1v) is 9.97. The van der Waals surface area contributed by atoms with Gasteiger partial charge in [-0.25, -0.2) is 9.78 Å². The van der Waals surface area contributed by atoms with Gasteiger partial charge in [0, 0.05) is 25.8 Å². The van der Waals surface area contributed by atoms with E-state index in [1.54, 1.807) is 4.90 Å². The first kappa shape index (κ1) is 19.0. The van der Waals surface area contributed by atoms with E-state index in [1.807, 2.05) is 54.7 Å². The first-order chi connectivity index (χ1) is 14.2. The molecule has 2 heterocycles. The molecule has 1 aliphatic heterocycles. The number of nitrogens with zero attached hydrogens (tertiary/aromatic N) is 3. The third-order valence-corrected chi connectivity index (χ3v) is 5.18. The van der Waals surface area contributed by atoms with Crippen LogP contribution in [0.2, 0.25) is 0 Å². The number of carbonyl (C=O) groups excluding carboxylic acids is 1. The molecule has 0 spiro atoms. The Labute approximate surface area is 171 Å². The van der Waals surface area contributed by atoms with Crippen molar-refractivity contribution in [2.75, 3.05) is 18.0 Å². The monoisotopic (exact) mass is 387 g/mol. The highest BCUT2D eigenvalue weighted by Crippen LogP contribution is 2.27. The molecule has 0 radical (unpaired) electrons. The van der Waals surface area contributed by atoms with Crippen LogP contribution in [-0.2, 0) is 17.8 Å². The van der Waals surface area contributed by atoms with Gasteiger partial charge in [-0.2, -0.15) is 0 Å². The molecule has 1 saturated heterocycles. The van der Waals surface area contributed by atoms with Crippen LogP contribution < -0.4 is 4.90 Å². The first-order valence-electron chi connectivity index (χ1n) is 9.97. The van der Waals surface area contributed by atoms with E-state index in [4.69, 9.17) is 4.74 Å². The zero-order chi connectivity index (χ0) is 20.1. The minimum atomic E-state index is -0.254. The lowest BCUT2D eigenvalue weighted by atomic mass is 10.1. The number of cyclic esters (lactones) is 1. The van der Waals surface area contributed by atoms with Crippen molar-refractivity contribution in [3.8, 4) is 0 Å². The quantitative estimate of drug-likeness (QED) is 0.584. The summed E-state index contributed by atoms with van der Waals surface area (Å²) in [7, 11) is 0. The zero-order valence-electron chi connectivity index (χ0n) is 16.6. The second-order valence-electron chi connectivity index (χ2n) is 7.18. The topological polar surface area (TPSA) is 45.7 Å². The third-order valence-electron chi connectivity index (χ3n) is 5.18. The number of benzene rings is 2. The van der Waals surface area contributed by atoms with Gasteiger partial charge in [0.15, 0.2) is 0 Å². The third kappa shape index (κ3) is 4.57. The number of amides is 1. The highest BCUT2D eigenvalue weighted by atomic mass is 16.6. The van der Waals surface area contributed by atoms with Gasteiger partial charge in [-0.05, 0) is 35.7 Å². The summed E-state index contributed by atoms with van der Waals surface area (Å²) in [6, 6.07) is 24.3. The average Bonchev–Trinajstić information content (AvgIpc) is 3.14. The summed E-state index contributed by atoms with van der Waals surface area (Å²) in [5.74, 6) is 0.978. The molecule has 148 valence electrons. The van der Waals surface area contributed by atoms with E-state index >= 15 is 0 Å². The summed E-state index contributed by atoms with van der Waals surface area (Å²) in [6.07, 6.45) is 1.37. The lowest BCUT2D eigenvalue weighted by Gasteiger charge is -2.22. The molecule has 4 rings (SSSR count). The molecule has 0 unspecified atom stereocenters. The Morgan fingerprint density at radius 2 is 1.72 bits per heavy atom. The molecule has 1 fully saturated rings. The summed E-state index contributed by atoms with van der Waals surface area (Å²) in [5.41, 5.74) is 3.35. The van der Waals surface area contributed by atoms with Crippen LogP contribution in [0.3, 0.4) is 0 Å². The van der Waals surface area contributed by atoms with Gasteiger partial charge < -0.3 is 9.64 Å². The summed E-state index contributed by atoms with van der Waals surface area (Å²) in [6.45, 7) is 4.95. The average molecular weight is 387 g/mol. The van der Waals surface area contributed by atoms with E-state index in [1.165, 1.54) is 5.56 Å². The molecule has 29 heavy (non-hydrogen) atoms. The summed E-state index contributed by atoms with van der Waals surface area (Å²) in [5, 5.41) is 0. The van der Waals surface area contributed by atoms with E-state index in [9.17, 15) is 4.79 Å². The summed E-state index contributed by atoms with van der Waals surface area (Å²) in [4.78, 5) is 20.7. The molecule has 1 aromatic heterocycles. The van der Waals surface area contributed by atoms with Gasteiger partial charge in [-0.3, -0.25) is 4.90 Å². The van der Waals surface area contributed by atoms with E-state index in [0.717, 1.165) is 30.0 Å². The van der Waals surface area contributed by atoms with Crippen LogP contribution in [0.1, 0.15) is 29.7 Å². The molecular weight excluding hydrogens is 362 g/mol. The van der Waals surface area contributed by atoms with Crippen LogP contribution in [-0.4, -0.2) is 29.1 Å². The van der Waals surface area contributed by atoms with Crippen LogP contribution >= 0.6 is 0 Å². The van der Waals surface area contributed by atoms with Crippen molar-refractivity contribution in [2.45, 2.75) is 26.1 Å². The Kier molecular flexibility index (Phi) is 5.75.